The lowest BCUT2D eigenvalue weighted by molar-refractivity contribution is -0.119. The molecule has 1 aliphatic heterocycles. The maximum Gasteiger partial charge on any atom is 0.150 e. The van der Waals surface area contributed by atoms with E-state index in [4.69, 9.17) is 16.3 Å². The fraction of sp³-hybridized carbons (Fsp3) is 0.941. The standard InChI is InChI=1S/C6H12O.C6H14.C5H9ClO/c1-5(2)3-6-4-7-6;1-4-5-6(2)3;1-4(2)5(7)3-6/h5-6H,3-4H2,1-2H3;6H,4-5H2,1-3H3;4H,3H2,1-2H3. The fourth-order valence-corrected chi connectivity index (χ4v) is 1.77. The SMILES string of the molecule is CC(C)C(=O)CCl.CC(C)CC1CO1.CCCC(C)C. The molecule has 0 N–H and O–H groups in total. The van der Waals surface area contributed by atoms with Crippen LogP contribution in [0, 0.1) is 17.8 Å². The maximum absolute atomic E-state index is 10.4. The van der Waals surface area contributed by atoms with E-state index in [-0.39, 0.29) is 17.6 Å². The van der Waals surface area contributed by atoms with Gasteiger partial charge in [-0.2, -0.15) is 0 Å². The van der Waals surface area contributed by atoms with Crippen molar-refractivity contribution in [2.75, 3.05) is 12.5 Å². The first-order chi connectivity index (χ1) is 9.24. The number of rotatable bonds is 6. The predicted molar refractivity (Wildman–Crippen MR) is 89.5 cm³/mol. The van der Waals surface area contributed by atoms with E-state index in [2.05, 4.69) is 34.6 Å². The molecule has 0 aromatic rings. The number of halogens is 1. The van der Waals surface area contributed by atoms with Crippen LogP contribution in [0.2, 0.25) is 0 Å². The molecule has 1 fully saturated rings. The third kappa shape index (κ3) is 20.2. The molecule has 1 saturated heterocycles. The molecule has 1 aliphatic rings. The molecular formula is C17H35ClO2. The lowest BCUT2D eigenvalue weighted by Crippen LogP contribution is -2.07. The van der Waals surface area contributed by atoms with Crippen LogP contribution in [0.5, 0.6) is 0 Å². The van der Waals surface area contributed by atoms with Crippen LogP contribution in [-0.4, -0.2) is 24.4 Å². The summed E-state index contributed by atoms with van der Waals surface area (Å²) in [6.07, 6.45) is 4.58. The Morgan fingerprint density at radius 3 is 1.70 bits per heavy atom. The summed E-state index contributed by atoms with van der Waals surface area (Å²) in [4.78, 5) is 10.4. The monoisotopic (exact) mass is 306 g/mol. The highest BCUT2D eigenvalue weighted by Gasteiger charge is 2.22. The second-order valence-electron chi connectivity index (χ2n) is 6.52. The van der Waals surface area contributed by atoms with Crippen LogP contribution in [0.15, 0.2) is 0 Å². The van der Waals surface area contributed by atoms with Gasteiger partial charge in [0.25, 0.3) is 0 Å². The number of epoxide rings is 1. The first kappa shape index (κ1) is 22.2. The summed E-state index contributed by atoms with van der Waals surface area (Å²) < 4.78 is 5.02. The van der Waals surface area contributed by atoms with Gasteiger partial charge < -0.3 is 4.74 Å². The van der Waals surface area contributed by atoms with Crippen molar-refractivity contribution in [1.82, 2.24) is 0 Å². The molecule has 0 aliphatic carbocycles. The molecule has 0 aromatic carbocycles. The van der Waals surface area contributed by atoms with Crippen molar-refractivity contribution in [2.24, 2.45) is 17.8 Å². The Balaban J connectivity index is 0. The molecule has 0 amide bonds. The van der Waals surface area contributed by atoms with Crippen molar-refractivity contribution in [3.63, 3.8) is 0 Å². The van der Waals surface area contributed by atoms with E-state index in [1.807, 2.05) is 13.8 Å². The number of hydrogen-bond donors (Lipinski definition) is 0. The summed E-state index contributed by atoms with van der Waals surface area (Å²) in [7, 11) is 0. The number of alkyl halides is 1. The quantitative estimate of drug-likeness (QED) is 0.490. The summed E-state index contributed by atoms with van der Waals surface area (Å²) >= 11 is 5.20. The largest absolute Gasteiger partial charge is 0.373 e. The van der Waals surface area contributed by atoms with E-state index in [1.54, 1.807) is 0 Å². The molecule has 1 heterocycles. The van der Waals surface area contributed by atoms with Crippen molar-refractivity contribution in [2.45, 2.75) is 73.8 Å². The Labute approximate surface area is 131 Å². The number of ketones is 1. The topological polar surface area (TPSA) is 29.6 Å². The highest BCUT2D eigenvalue weighted by atomic mass is 35.5. The van der Waals surface area contributed by atoms with Gasteiger partial charge in [0.15, 0.2) is 0 Å². The van der Waals surface area contributed by atoms with E-state index in [9.17, 15) is 4.79 Å². The van der Waals surface area contributed by atoms with Crippen LogP contribution in [-0.2, 0) is 9.53 Å². The lowest BCUT2D eigenvalue weighted by atomic mass is 10.1. The molecule has 0 aromatic heterocycles. The average Bonchev–Trinajstić information content (AvgIpc) is 3.12. The molecule has 0 saturated carbocycles. The Bertz CT molecular complexity index is 221. The predicted octanol–water partition coefficient (Wildman–Crippen LogP) is 5.32. The van der Waals surface area contributed by atoms with E-state index in [1.165, 1.54) is 19.3 Å². The number of hydrogen-bond acceptors (Lipinski definition) is 2. The van der Waals surface area contributed by atoms with Crippen molar-refractivity contribution in [3.8, 4) is 0 Å². The second kappa shape index (κ2) is 13.9. The number of ether oxygens (including phenoxy) is 1. The van der Waals surface area contributed by atoms with Gasteiger partial charge in [-0.3, -0.25) is 4.79 Å². The van der Waals surface area contributed by atoms with E-state index in [0.29, 0.717) is 6.10 Å². The third-order valence-electron chi connectivity index (χ3n) is 2.78. The van der Waals surface area contributed by atoms with Crippen LogP contribution in [0.1, 0.15) is 67.7 Å². The Morgan fingerprint density at radius 2 is 1.65 bits per heavy atom. The van der Waals surface area contributed by atoms with Gasteiger partial charge in [-0.1, -0.05) is 61.3 Å². The van der Waals surface area contributed by atoms with Crippen molar-refractivity contribution < 1.29 is 9.53 Å². The smallest absolute Gasteiger partial charge is 0.150 e. The molecule has 122 valence electrons. The summed E-state index contributed by atoms with van der Waals surface area (Å²) in [6.45, 7) is 15.9. The van der Waals surface area contributed by atoms with Crippen molar-refractivity contribution >= 4 is 17.4 Å². The summed E-state index contributed by atoms with van der Waals surface area (Å²) in [5.74, 6) is 2.07. The third-order valence-corrected chi connectivity index (χ3v) is 3.04. The normalized spacial score (nSPS) is 16.4. The van der Waals surface area contributed by atoms with Crippen LogP contribution in [0.25, 0.3) is 0 Å². The molecule has 1 atom stereocenters. The minimum Gasteiger partial charge on any atom is -0.373 e. The summed E-state index contributed by atoms with van der Waals surface area (Å²) in [5.41, 5.74) is 0. The zero-order chi connectivity index (χ0) is 16.1. The van der Waals surface area contributed by atoms with Gasteiger partial charge >= 0.3 is 0 Å². The van der Waals surface area contributed by atoms with Gasteiger partial charge in [0.2, 0.25) is 0 Å². The van der Waals surface area contributed by atoms with Crippen molar-refractivity contribution in [1.29, 1.82) is 0 Å². The molecule has 0 spiro atoms. The zero-order valence-corrected chi connectivity index (χ0v) is 15.3. The van der Waals surface area contributed by atoms with Gasteiger partial charge in [-0.05, 0) is 18.3 Å². The first-order valence-electron chi connectivity index (χ1n) is 7.94. The molecular weight excluding hydrogens is 272 g/mol. The number of carbonyl (C=O) groups excluding carboxylic acids is 1. The lowest BCUT2D eigenvalue weighted by Gasteiger charge is -1.95. The fourth-order valence-electron chi connectivity index (χ4n) is 1.46. The van der Waals surface area contributed by atoms with Crippen LogP contribution < -0.4 is 0 Å². The Hall–Kier alpha value is -0.0800. The zero-order valence-electron chi connectivity index (χ0n) is 14.5. The molecule has 1 unspecified atom stereocenters. The molecule has 2 nitrogen and oxygen atoms in total. The van der Waals surface area contributed by atoms with Crippen LogP contribution in [0.3, 0.4) is 0 Å². The molecule has 1 rings (SSSR count). The minimum absolute atomic E-state index is 0.0949. The van der Waals surface area contributed by atoms with Gasteiger partial charge in [0.05, 0.1) is 18.6 Å². The number of carbonyl (C=O) groups is 1. The first-order valence-corrected chi connectivity index (χ1v) is 8.48. The molecule has 20 heavy (non-hydrogen) atoms. The van der Waals surface area contributed by atoms with E-state index >= 15 is 0 Å². The maximum atomic E-state index is 10.4. The molecule has 0 bridgehead atoms. The molecule has 0 radical (unpaired) electrons. The summed E-state index contributed by atoms with van der Waals surface area (Å²) in [5, 5.41) is 0. The second-order valence-corrected chi connectivity index (χ2v) is 6.79. The van der Waals surface area contributed by atoms with Crippen molar-refractivity contribution in [3.05, 3.63) is 0 Å². The van der Waals surface area contributed by atoms with E-state index < -0.39 is 0 Å². The van der Waals surface area contributed by atoms with Gasteiger partial charge in [0, 0.05) is 5.92 Å². The average molecular weight is 307 g/mol. The van der Waals surface area contributed by atoms with E-state index in [0.717, 1.165) is 18.4 Å². The van der Waals surface area contributed by atoms with Gasteiger partial charge in [-0.15, -0.1) is 11.6 Å². The Kier molecular flexibility index (Phi) is 15.4. The highest BCUT2D eigenvalue weighted by molar-refractivity contribution is 6.27. The van der Waals surface area contributed by atoms with Gasteiger partial charge in [0.1, 0.15) is 5.78 Å². The van der Waals surface area contributed by atoms with Crippen LogP contribution in [0.4, 0.5) is 0 Å². The van der Waals surface area contributed by atoms with Crippen LogP contribution >= 0.6 is 11.6 Å². The summed E-state index contributed by atoms with van der Waals surface area (Å²) in [6, 6.07) is 0. The molecule has 3 heteroatoms. The number of Topliss-reactive ketones (excluding diaryl/α,β-unsaturated/α-hetero) is 1. The Morgan fingerprint density at radius 1 is 1.15 bits per heavy atom. The minimum atomic E-state index is 0.0949. The van der Waals surface area contributed by atoms with Gasteiger partial charge in [-0.25, -0.2) is 0 Å². The highest BCUT2D eigenvalue weighted by Crippen LogP contribution is 2.17.